The van der Waals surface area contributed by atoms with Crippen LogP contribution in [0.3, 0.4) is 0 Å². The number of hydrogen-bond donors (Lipinski definition) is 3. The summed E-state index contributed by atoms with van der Waals surface area (Å²) in [5.74, 6) is -1.82. The minimum absolute atomic E-state index is 0.0795. The summed E-state index contributed by atoms with van der Waals surface area (Å²) in [7, 11) is 1.21. The molecule has 0 aromatic heterocycles. The molecular formula is C28H35N3O7. The molecule has 2 unspecified atom stereocenters. The van der Waals surface area contributed by atoms with Crippen LogP contribution in [-0.2, 0) is 30.3 Å². The third-order valence-corrected chi connectivity index (χ3v) is 5.81. The lowest BCUT2D eigenvalue weighted by atomic mass is 10.00. The lowest BCUT2D eigenvalue weighted by molar-refractivity contribution is -0.145. The van der Waals surface area contributed by atoms with Crippen molar-refractivity contribution >= 4 is 23.9 Å². The number of carbonyl (C=O) groups is 4. The van der Waals surface area contributed by atoms with Crippen molar-refractivity contribution in [2.45, 2.75) is 63.8 Å². The van der Waals surface area contributed by atoms with E-state index in [0.29, 0.717) is 18.4 Å². The summed E-state index contributed by atoms with van der Waals surface area (Å²) in [5, 5.41) is 15.3. The first kappa shape index (κ1) is 28.5. The average molecular weight is 526 g/mol. The highest BCUT2D eigenvalue weighted by molar-refractivity contribution is 5.93. The zero-order valence-corrected chi connectivity index (χ0v) is 22.1. The van der Waals surface area contributed by atoms with Crippen molar-refractivity contribution < 1.29 is 33.8 Å². The van der Waals surface area contributed by atoms with E-state index in [9.17, 15) is 24.3 Å². The number of benzene rings is 2. The normalized spacial score (nSPS) is 14.5. The molecule has 3 N–H and O–H groups in total. The maximum atomic E-state index is 14.2. The van der Waals surface area contributed by atoms with Crippen LogP contribution in [0.5, 0.6) is 5.75 Å². The molecule has 10 heteroatoms. The topological polar surface area (TPSA) is 134 Å². The van der Waals surface area contributed by atoms with E-state index in [-0.39, 0.29) is 24.8 Å². The van der Waals surface area contributed by atoms with Crippen LogP contribution in [0.25, 0.3) is 0 Å². The Morgan fingerprint density at radius 1 is 1.05 bits per heavy atom. The first-order valence-corrected chi connectivity index (χ1v) is 12.5. The number of nitrogens with one attached hydrogen (secondary N) is 2. The standard InChI is InChI=1S/C28H35N3O7/c1-28(2,3)38-27(36)30-22(15-18-9-6-5-7-10-18)26(35)31(20-13-14-20)24(19-11-8-12-21(32)16-19)25(34)29-17-23(33)37-4/h5-12,16,20,22,24,32H,13-15,17H2,1-4H3,(H,29,34)(H,30,36). The molecule has 0 spiro atoms. The molecule has 38 heavy (non-hydrogen) atoms. The summed E-state index contributed by atoms with van der Waals surface area (Å²) < 4.78 is 10.0. The van der Waals surface area contributed by atoms with Crippen LogP contribution in [0, 0.1) is 0 Å². The van der Waals surface area contributed by atoms with Crippen molar-refractivity contribution in [2.24, 2.45) is 0 Å². The molecule has 2 aromatic rings. The fourth-order valence-corrected chi connectivity index (χ4v) is 4.01. The van der Waals surface area contributed by atoms with Gasteiger partial charge in [-0.1, -0.05) is 42.5 Å². The van der Waals surface area contributed by atoms with Gasteiger partial charge in [-0.25, -0.2) is 4.79 Å². The number of methoxy groups -OCH3 is 1. The van der Waals surface area contributed by atoms with Crippen molar-refractivity contribution in [2.75, 3.05) is 13.7 Å². The monoisotopic (exact) mass is 525 g/mol. The molecule has 0 aliphatic heterocycles. The van der Waals surface area contributed by atoms with Gasteiger partial charge in [0.05, 0.1) is 7.11 Å². The van der Waals surface area contributed by atoms with Gasteiger partial charge in [-0.3, -0.25) is 14.4 Å². The van der Waals surface area contributed by atoms with Gasteiger partial charge < -0.3 is 30.1 Å². The number of amides is 3. The number of ether oxygens (including phenoxy) is 2. The highest BCUT2D eigenvalue weighted by Gasteiger charge is 2.44. The Morgan fingerprint density at radius 2 is 1.74 bits per heavy atom. The Hall–Kier alpha value is -4.08. The fraction of sp³-hybridized carbons (Fsp3) is 0.429. The van der Waals surface area contributed by atoms with Crippen molar-refractivity contribution in [3.05, 3.63) is 65.7 Å². The van der Waals surface area contributed by atoms with Gasteiger partial charge >= 0.3 is 12.1 Å². The van der Waals surface area contributed by atoms with Crippen LogP contribution in [0.4, 0.5) is 4.79 Å². The van der Waals surface area contributed by atoms with Crippen LogP contribution >= 0.6 is 0 Å². The highest BCUT2D eigenvalue weighted by atomic mass is 16.6. The van der Waals surface area contributed by atoms with Gasteiger partial charge in [0.2, 0.25) is 11.8 Å². The first-order valence-electron chi connectivity index (χ1n) is 12.5. The Bertz CT molecular complexity index is 1140. The second-order valence-electron chi connectivity index (χ2n) is 10.2. The molecule has 0 saturated heterocycles. The SMILES string of the molecule is COC(=O)CNC(=O)C(c1cccc(O)c1)N(C(=O)C(Cc1ccccc1)NC(=O)OC(C)(C)C)C1CC1. The van der Waals surface area contributed by atoms with Gasteiger partial charge in [-0.15, -0.1) is 0 Å². The van der Waals surface area contributed by atoms with Gasteiger partial charge in [0.1, 0.15) is 30.0 Å². The molecule has 204 valence electrons. The summed E-state index contributed by atoms with van der Waals surface area (Å²) in [5.41, 5.74) is 0.392. The van der Waals surface area contributed by atoms with E-state index >= 15 is 0 Å². The predicted molar refractivity (Wildman–Crippen MR) is 139 cm³/mol. The van der Waals surface area contributed by atoms with Crippen molar-refractivity contribution in [1.82, 2.24) is 15.5 Å². The summed E-state index contributed by atoms with van der Waals surface area (Å²) in [6, 6.07) is 12.8. The van der Waals surface area contributed by atoms with Gasteiger partial charge in [0, 0.05) is 12.5 Å². The summed E-state index contributed by atoms with van der Waals surface area (Å²) in [6.07, 6.45) is 0.733. The molecule has 1 fully saturated rings. The van der Waals surface area contributed by atoms with Crippen LogP contribution < -0.4 is 10.6 Å². The van der Waals surface area contributed by atoms with Crippen LogP contribution in [0.15, 0.2) is 54.6 Å². The van der Waals surface area contributed by atoms with E-state index in [2.05, 4.69) is 15.4 Å². The van der Waals surface area contributed by atoms with Crippen molar-refractivity contribution in [3.8, 4) is 5.75 Å². The first-order chi connectivity index (χ1) is 18.0. The number of aromatic hydroxyl groups is 1. The molecule has 1 aliphatic carbocycles. The third-order valence-electron chi connectivity index (χ3n) is 5.81. The lowest BCUT2D eigenvalue weighted by Crippen LogP contribution is -2.54. The summed E-state index contributed by atoms with van der Waals surface area (Å²) in [6.45, 7) is 4.78. The molecule has 0 radical (unpaired) electrons. The van der Waals surface area contributed by atoms with Gasteiger partial charge in [-0.2, -0.15) is 0 Å². The maximum Gasteiger partial charge on any atom is 0.408 e. The highest BCUT2D eigenvalue weighted by Crippen LogP contribution is 2.36. The molecule has 0 bridgehead atoms. The zero-order valence-electron chi connectivity index (χ0n) is 22.1. The smallest absolute Gasteiger partial charge is 0.408 e. The number of carbonyl (C=O) groups excluding carboxylic acids is 4. The van der Waals surface area contributed by atoms with E-state index in [0.717, 1.165) is 5.56 Å². The van der Waals surface area contributed by atoms with Gasteiger partial charge in [0.15, 0.2) is 0 Å². The largest absolute Gasteiger partial charge is 0.508 e. The zero-order chi connectivity index (χ0) is 27.9. The maximum absolute atomic E-state index is 14.2. The average Bonchev–Trinajstić information content (AvgIpc) is 3.69. The van der Waals surface area contributed by atoms with Gasteiger partial charge in [0.25, 0.3) is 0 Å². The Balaban J connectivity index is 1.98. The molecular weight excluding hydrogens is 490 g/mol. The third kappa shape index (κ3) is 8.22. The number of rotatable bonds is 10. The van der Waals surface area contributed by atoms with E-state index in [4.69, 9.17) is 4.74 Å². The molecule has 10 nitrogen and oxygen atoms in total. The number of phenolic OH excluding ortho intramolecular Hbond substituents is 1. The number of nitrogens with zero attached hydrogens (tertiary/aromatic N) is 1. The molecule has 2 aromatic carbocycles. The minimum Gasteiger partial charge on any atom is -0.508 e. The van der Waals surface area contributed by atoms with E-state index in [1.807, 2.05) is 30.3 Å². The Morgan fingerprint density at radius 3 is 2.32 bits per heavy atom. The summed E-state index contributed by atoms with van der Waals surface area (Å²) >= 11 is 0. The molecule has 2 atom stereocenters. The molecule has 3 amide bonds. The number of hydrogen-bond acceptors (Lipinski definition) is 7. The predicted octanol–water partition coefficient (Wildman–Crippen LogP) is 2.85. The number of phenols is 1. The van der Waals surface area contributed by atoms with Crippen LogP contribution in [-0.4, -0.2) is 65.2 Å². The second kappa shape index (κ2) is 12.4. The fourth-order valence-electron chi connectivity index (χ4n) is 4.01. The van der Waals surface area contributed by atoms with Crippen molar-refractivity contribution in [1.29, 1.82) is 0 Å². The van der Waals surface area contributed by atoms with Crippen LogP contribution in [0.2, 0.25) is 0 Å². The minimum atomic E-state index is -1.16. The Labute approximate surface area is 222 Å². The van der Waals surface area contributed by atoms with Gasteiger partial charge in [-0.05, 0) is 56.9 Å². The van der Waals surface area contributed by atoms with Crippen molar-refractivity contribution in [3.63, 3.8) is 0 Å². The number of alkyl carbamates (subject to hydrolysis) is 1. The Kier molecular flexibility index (Phi) is 9.33. The van der Waals surface area contributed by atoms with E-state index < -0.39 is 41.6 Å². The molecule has 1 saturated carbocycles. The lowest BCUT2D eigenvalue weighted by Gasteiger charge is -2.34. The quantitative estimate of drug-likeness (QED) is 0.406. The van der Waals surface area contributed by atoms with E-state index in [1.165, 1.54) is 24.1 Å². The van der Waals surface area contributed by atoms with E-state index in [1.54, 1.807) is 32.9 Å². The molecule has 3 rings (SSSR count). The number of esters is 1. The van der Waals surface area contributed by atoms with Crippen LogP contribution in [0.1, 0.15) is 50.8 Å². The second-order valence-corrected chi connectivity index (χ2v) is 10.2. The molecule has 0 heterocycles. The molecule has 1 aliphatic rings. The summed E-state index contributed by atoms with van der Waals surface area (Å²) in [4.78, 5) is 53.5.